The molecule has 0 bridgehead atoms. The second-order valence-corrected chi connectivity index (χ2v) is 7.58. The zero-order chi connectivity index (χ0) is 21.1. The van der Waals surface area contributed by atoms with E-state index in [4.69, 9.17) is 4.74 Å². The fourth-order valence-corrected chi connectivity index (χ4v) is 3.78. The lowest BCUT2D eigenvalue weighted by atomic mass is 9.91. The van der Waals surface area contributed by atoms with E-state index in [1.54, 1.807) is 18.0 Å². The van der Waals surface area contributed by atoms with Crippen LogP contribution in [0.15, 0.2) is 78.9 Å². The van der Waals surface area contributed by atoms with Gasteiger partial charge in [0.2, 0.25) is 0 Å². The molecule has 0 spiro atoms. The maximum absolute atomic E-state index is 12.9. The second kappa shape index (κ2) is 8.03. The summed E-state index contributed by atoms with van der Waals surface area (Å²) in [7, 11) is 1.61. The van der Waals surface area contributed by atoms with Crippen molar-refractivity contribution in [3.8, 4) is 11.1 Å². The number of carbonyl (C=O) groups excluding carboxylic acids is 2. The Balaban J connectivity index is 1.58. The molecule has 5 heteroatoms. The van der Waals surface area contributed by atoms with E-state index in [-0.39, 0.29) is 12.0 Å². The highest BCUT2D eigenvalue weighted by molar-refractivity contribution is 5.95. The quantitative estimate of drug-likeness (QED) is 0.672. The molecule has 1 aliphatic heterocycles. The molecule has 1 saturated heterocycles. The van der Waals surface area contributed by atoms with Gasteiger partial charge in [-0.3, -0.25) is 9.69 Å². The van der Waals surface area contributed by atoms with Crippen LogP contribution in [0.1, 0.15) is 29.3 Å². The van der Waals surface area contributed by atoms with E-state index in [1.807, 2.05) is 79.7 Å². The monoisotopic (exact) mass is 400 g/mol. The molecule has 0 radical (unpaired) electrons. The van der Waals surface area contributed by atoms with E-state index in [2.05, 4.69) is 5.32 Å². The van der Waals surface area contributed by atoms with Gasteiger partial charge in [-0.2, -0.15) is 0 Å². The van der Waals surface area contributed by atoms with Gasteiger partial charge >= 0.3 is 6.09 Å². The lowest BCUT2D eigenvalue weighted by molar-refractivity contribution is 0.00582. The fourth-order valence-electron chi connectivity index (χ4n) is 3.78. The van der Waals surface area contributed by atoms with Crippen molar-refractivity contribution in [1.29, 1.82) is 0 Å². The van der Waals surface area contributed by atoms with Crippen molar-refractivity contribution in [3.05, 3.63) is 90.0 Å². The summed E-state index contributed by atoms with van der Waals surface area (Å²) >= 11 is 0. The highest BCUT2D eigenvalue weighted by atomic mass is 16.6. The molecule has 4 rings (SSSR count). The normalized spacial score (nSPS) is 18.6. The molecule has 1 fully saturated rings. The zero-order valence-electron chi connectivity index (χ0n) is 17.1. The first-order valence-electron chi connectivity index (χ1n) is 9.99. The molecule has 1 atom stereocenters. The Labute approximate surface area is 176 Å². The van der Waals surface area contributed by atoms with Gasteiger partial charge in [-0.15, -0.1) is 0 Å². The molecule has 3 aromatic rings. The lowest BCUT2D eigenvalue weighted by Gasteiger charge is -2.39. The van der Waals surface area contributed by atoms with Crippen molar-refractivity contribution >= 4 is 17.7 Å². The third-order valence-electron chi connectivity index (χ3n) is 5.57. The average molecular weight is 400 g/mol. The van der Waals surface area contributed by atoms with Crippen LogP contribution in [0.25, 0.3) is 11.1 Å². The molecular weight excluding hydrogens is 376 g/mol. The first-order valence-corrected chi connectivity index (χ1v) is 9.99. The predicted octanol–water partition coefficient (Wildman–Crippen LogP) is 4.98. The summed E-state index contributed by atoms with van der Waals surface area (Å²) in [6, 6.07) is 25.0. The highest BCUT2D eigenvalue weighted by Crippen LogP contribution is 2.36. The van der Waals surface area contributed by atoms with Crippen LogP contribution >= 0.6 is 0 Å². The molecule has 0 aromatic heterocycles. The Morgan fingerprint density at radius 2 is 1.67 bits per heavy atom. The maximum atomic E-state index is 12.9. The number of hydrogen-bond donors (Lipinski definition) is 1. The van der Waals surface area contributed by atoms with Crippen molar-refractivity contribution in [2.24, 2.45) is 0 Å². The predicted molar refractivity (Wildman–Crippen MR) is 118 cm³/mol. The van der Waals surface area contributed by atoms with Crippen LogP contribution in [0.3, 0.4) is 0 Å². The summed E-state index contributed by atoms with van der Waals surface area (Å²) in [6.45, 7) is 2.52. The van der Waals surface area contributed by atoms with Gasteiger partial charge in [0, 0.05) is 31.3 Å². The van der Waals surface area contributed by atoms with Crippen LogP contribution in [-0.2, 0) is 10.3 Å². The number of hydrogen-bond acceptors (Lipinski definition) is 3. The molecule has 30 heavy (non-hydrogen) atoms. The minimum atomic E-state index is -0.631. The number of rotatable bonds is 4. The molecule has 1 heterocycles. The van der Waals surface area contributed by atoms with Gasteiger partial charge in [-0.1, -0.05) is 54.6 Å². The van der Waals surface area contributed by atoms with Crippen LogP contribution < -0.4 is 10.2 Å². The average Bonchev–Trinajstić information content (AvgIpc) is 2.79. The topological polar surface area (TPSA) is 58.6 Å². The van der Waals surface area contributed by atoms with E-state index in [0.717, 1.165) is 22.4 Å². The van der Waals surface area contributed by atoms with E-state index in [9.17, 15) is 9.59 Å². The maximum Gasteiger partial charge on any atom is 0.415 e. The first-order chi connectivity index (χ1) is 14.5. The Kier molecular flexibility index (Phi) is 5.27. The number of benzene rings is 3. The lowest BCUT2D eigenvalue weighted by Crippen LogP contribution is -2.46. The molecule has 5 nitrogen and oxygen atoms in total. The van der Waals surface area contributed by atoms with E-state index in [1.165, 1.54) is 0 Å². The Morgan fingerprint density at radius 1 is 0.967 bits per heavy atom. The fraction of sp³-hybridized carbons (Fsp3) is 0.200. The second-order valence-electron chi connectivity index (χ2n) is 7.58. The first kappa shape index (κ1) is 19.7. The van der Waals surface area contributed by atoms with Crippen LogP contribution in [-0.4, -0.2) is 25.6 Å². The van der Waals surface area contributed by atoms with Gasteiger partial charge in [0.25, 0.3) is 5.91 Å². The number of nitrogens with zero attached hydrogens (tertiary/aromatic N) is 1. The van der Waals surface area contributed by atoms with Crippen molar-refractivity contribution in [1.82, 2.24) is 5.32 Å². The SMILES string of the molecule is CNC(=O)c1cccc(-c2cccc(N3CCC(C)(c4ccccc4)OC3=O)c2)c1. The van der Waals surface area contributed by atoms with Crippen molar-refractivity contribution in [2.45, 2.75) is 18.9 Å². The van der Waals surface area contributed by atoms with Crippen LogP contribution in [0.4, 0.5) is 10.5 Å². The molecular formula is C25H24N2O3. The largest absolute Gasteiger partial charge is 0.438 e. The van der Waals surface area contributed by atoms with Gasteiger partial charge in [0.1, 0.15) is 5.60 Å². The number of ether oxygens (including phenoxy) is 1. The minimum absolute atomic E-state index is 0.132. The third-order valence-corrected chi connectivity index (χ3v) is 5.57. The molecule has 0 saturated carbocycles. The van der Waals surface area contributed by atoms with Gasteiger partial charge in [0.15, 0.2) is 0 Å². The zero-order valence-corrected chi connectivity index (χ0v) is 17.1. The van der Waals surface area contributed by atoms with Gasteiger partial charge in [-0.05, 0) is 47.9 Å². The number of nitrogens with one attached hydrogen (secondary N) is 1. The summed E-state index contributed by atoms with van der Waals surface area (Å²) in [6.07, 6.45) is 0.336. The summed E-state index contributed by atoms with van der Waals surface area (Å²) in [5.74, 6) is -0.132. The van der Waals surface area contributed by atoms with E-state index < -0.39 is 5.60 Å². The summed E-state index contributed by atoms with van der Waals surface area (Å²) < 4.78 is 5.87. The molecule has 0 aliphatic carbocycles. The molecule has 1 unspecified atom stereocenters. The van der Waals surface area contributed by atoms with Gasteiger partial charge in [-0.25, -0.2) is 4.79 Å². The van der Waals surface area contributed by atoms with Crippen molar-refractivity contribution in [3.63, 3.8) is 0 Å². The number of cyclic esters (lactones) is 1. The van der Waals surface area contributed by atoms with Crippen LogP contribution in [0.5, 0.6) is 0 Å². The van der Waals surface area contributed by atoms with Crippen molar-refractivity contribution < 1.29 is 14.3 Å². The molecule has 2 amide bonds. The Morgan fingerprint density at radius 3 is 2.37 bits per heavy atom. The molecule has 1 N–H and O–H groups in total. The number of carbonyl (C=O) groups is 2. The summed E-state index contributed by atoms with van der Waals surface area (Å²) in [5.41, 5.74) is 3.58. The number of anilines is 1. The highest BCUT2D eigenvalue weighted by Gasteiger charge is 2.38. The molecule has 152 valence electrons. The van der Waals surface area contributed by atoms with E-state index >= 15 is 0 Å². The standard InChI is InChI=1S/C25H24N2O3/c1-25(21-11-4-3-5-12-21)14-15-27(24(29)30-25)22-13-7-9-19(17-22)18-8-6-10-20(16-18)23(28)26-2/h3-13,16-17H,14-15H2,1-2H3,(H,26,28). The molecule has 3 aromatic carbocycles. The smallest absolute Gasteiger partial charge is 0.415 e. The van der Waals surface area contributed by atoms with Crippen LogP contribution in [0.2, 0.25) is 0 Å². The summed E-state index contributed by atoms with van der Waals surface area (Å²) in [4.78, 5) is 26.5. The Bertz CT molecular complexity index is 1080. The number of amides is 2. The van der Waals surface area contributed by atoms with Gasteiger partial charge < -0.3 is 10.1 Å². The minimum Gasteiger partial charge on any atom is -0.438 e. The molecule has 1 aliphatic rings. The van der Waals surface area contributed by atoms with Crippen LogP contribution in [0, 0.1) is 0 Å². The summed E-state index contributed by atoms with van der Waals surface area (Å²) in [5, 5.41) is 2.64. The van der Waals surface area contributed by atoms with Crippen molar-refractivity contribution in [2.75, 3.05) is 18.5 Å². The Hall–Kier alpha value is -3.60. The van der Waals surface area contributed by atoms with E-state index in [0.29, 0.717) is 18.5 Å². The van der Waals surface area contributed by atoms with Gasteiger partial charge in [0.05, 0.1) is 0 Å². The third kappa shape index (κ3) is 3.79.